The molecule has 0 radical (unpaired) electrons. The first-order valence-electron chi connectivity index (χ1n) is 6.08. The lowest BCUT2D eigenvalue weighted by atomic mass is 9.99. The highest BCUT2D eigenvalue weighted by molar-refractivity contribution is 6.17. The molecule has 4 nitrogen and oxygen atoms in total. The Bertz CT molecular complexity index is 246. The van der Waals surface area contributed by atoms with Gasteiger partial charge in [0, 0.05) is 12.3 Å². The number of nitrogens with one attached hydrogen (secondary N) is 1. The smallest absolute Gasteiger partial charge is 0.328 e. The van der Waals surface area contributed by atoms with Crippen LogP contribution >= 0.6 is 11.6 Å². The van der Waals surface area contributed by atoms with Crippen molar-refractivity contribution >= 4 is 23.5 Å². The quantitative estimate of drug-likeness (QED) is 0.539. The summed E-state index contributed by atoms with van der Waals surface area (Å²) in [5.41, 5.74) is 0. The molecule has 1 amide bonds. The maximum atomic E-state index is 11.7. The zero-order valence-corrected chi connectivity index (χ0v) is 11.5. The Morgan fingerprint density at radius 2 is 2.00 bits per heavy atom. The van der Waals surface area contributed by atoms with Crippen LogP contribution in [-0.4, -0.2) is 30.4 Å². The molecule has 0 aromatic heterocycles. The number of hydrogen-bond donors (Lipinski definition) is 1. The highest BCUT2D eigenvalue weighted by Crippen LogP contribution is 2.10. The van der Waals surface area contributed by atoms with E-state index < -0.39 is 6.04 Å². The van der Waals surface area contributed by atoms with Crippen LogP contribution in [-0.2, 0) is 14.3 Å². The van der Waals surface area contributed by atoms with E-state index >= 15 is 0 Å². The van der Waals surface area contributed by atoms with Gasteiger partial charge in [-0.15, -0.1) is 11.6 Å². The van der Waals surface area contributed by atoms with E-state index in [0.29, 0.717) is 25.3 Å². The van der Waals surface area contributed by atoms with Gasteiger partial charge in [-0.25, -0.2) is 4.79 Å². The summed E-state index contributed by atoms with van der Waals surface area (Å²) in [7, 11) is 0. The summed E-state index contributed by atoms with van der Waals surface area (Å²) >= 11 is 5.51. The lowest BCUT2D eigenvalue weighted by Gasteiger charge is -2.22. The van der Waals surface area contributed by atoms with Crippen LogP contribution in [0, 0.1) is 5.92 Å². The van der Waals surface area contributed by atoms with E-state index in [4.69, 9.17) is 16.3 Å². The van der Waals surface area contributed by atoms with Crippen molar-refractivity contribution < 1.29 is 14.3 Å². The van der Waals surface area contributed by atoms with Crippen LogP contribution in [0.3, 0.4) is 0 Å². The Labute approximate surface area is 108 Å². The number of esters is 1. The van der Waals surface area contributed by atoms with E-state index in [1.165, 1.54) is 0 Å². The fourth-order valence-electron chi connectivity index (χ4n) is 1.37. The van der Waals surface area contributed by atoms with Crippen molar-refractivity contribution in [2.24, 2.45) is 5.92 Å². The van der Waals surface area contributed by atoms with E-state index in [-0.39, 0.29) is 17.8 Å². The third kappa shape index (κ3) is 6.51. The SMILES string of the molecule is CCOC(=O)C(NC(=O)CCCCl)C(C)CC. The highest BCUT2D eigenvalue weighted by Gasteiger charge is 2.26. The molecular formula is C12H22ClNO3. The van der Waals surface area contributed by atoms with Gasteiger partial charge in [-0.3, -0.25) is 4.79 Å². The van der Waals surface area contributed by atoms with Crippen molar-refractivity contribution in [3.8, 4) is 0 Å². The van der Waals surface area contributed by atoms with Crippen molar-refractivity contribution in [2.75, 3.05) is 12.5 Å². The number of ether oxygens (including phenoxy) is 1. The second-order valence-corrected chi connectivity index (χ2v) is 4.35. The monoisotopic (exact) mass is 263 g/mol. The minimum atomic E-state index is -0.553. The van der Waals surface area contributed by atoms with Gasteiger partial charge < -0.3 is 10.1 Å². The summed E-state index contributed by atoms with van der Waals surface area (Å²) in [5.74, 6) is -0.0000357. The van der Waals surface area contributed by atoms with E-state index in [2.05, 4.69) is 5.32 Å². The van der Waals surface area contributed by atoms with Crippen LogP contribution in [0.25, 0.3) is 0 Å². The molecule has 0 saturated heterocycles. The van der Waals surface area contributed by atoms with Gasteiger partial charge in [0.1, 0.15) is 6.04 Å². The Balaban J connectivity index is 4.38. The Morgan fingerprint density at radius 3 is 2.47 bits per heavy atom. The lowest BCUT2D eigenvalue weighted by molar-refractivity contribution is -0.149. The van der Waals surface area contributed by atoms with Gasteiger partial charge in [0.15, 0.2) is 0 Å². The van der Waals surface area contributed by atoms with Gasteiger partial charge >= 0.3 is 5.97 Å². The molecule has 0 bridgehead atoms. The Morgan fingerprint density at radius 1 is 1.35 bits per heavy atom. The van der Waals surface area contributed by atoms with Gasteiger partial charge in [-0.05, 0) is 19.3 Å². The summed E-state index contributed by atoms with van der Waals surface area (Å²) in [6.07, 6.45) is 1.76. The van der Waals surface area contributed by atoms with Gasteiger partial charge in [0.25, 0.3) is 0 Å². The second-order valence-electron chi connectivity index (χ2n) is 3.98. The number of carbonyl (C=O) groups excluding carboxylic acids is 2. The van der Waals surface area contributed by atoms with E-state index in [0.717, 1.165) is 6.42 Å². The largest absolute Gasteiger partial charge is 0.464 e. The zero-order chi connectivity index (χ0) is 13.3. The molecule has 0 rings (SSSR count). The summed E-state index contributed by atoms with van der Waals surface area (Å²) in [5, 5.41) is 2.71. The fourth-order valence-corrected chi connectivity index (χ4v) is 1.51. The molecule has 2 atom stereocenters. The Hall–Kier alpha value is -0.770. The molecule has 1 N–H and O–H groups in total. The molecule has 0 saturated carbocycles. The first-order chi connectivity index (χ1) is 8.06. The third-order valence-electron chi connectivity index (χ3n) is 2.61. The van der Waals surface area contributed by atoms with Crippen molar-refractivity contribution in [3.05, 3.63) is 0 Å². The number of amides is 1. The molecule has 0 aliphatic rings. The number of carbonyl (C=O) groups is 2. The molecule has 0 heterocycles. The van der Waals surface area contributed by atoms with Crippen LogP contribution in [0.4, 0.5) is 0 Å². The third-order valence-corrected chi connectivity index (χ3v) is 2.87. The number of hydrogen-bond acceptors (Lipinski definition) is 3. The fraction of sp³-hybridized carbons (Fsp3) is 0.833. The highest BCUT2D eigenvalue weighted by atomic mass is 35.5. The number of alkyl halides is 1. The van der Waals surface area contributed by atoms with Crippen molar-refractivity contribution in [1.82, 2.24) is 5.32 Å². The van der Waals surface area contributed by atoms with Crippen LogP contribution in [0.1, 0.15) is 40.0 Å². The molecule has 5 heteroatoms. The number of rotatable bonds is 8. The van der Waals surface area contributed by atoms with E-state index in [9.17, 15) is 9.59 Å². The molecule has 0 aliphatic heterocycles. The van der Waals surface area contributed by atoms with Crippen LogP contribution in [0.2, 0.25) is 0 Å². The van der Waals surface area contributed by atoms with Gasteiger partial charge in [-0.2, -0.15) is 0 Å². The molecule has 17 heavy (non-hydrogen) atoms. The normalized spacial score (nSPS) is 13.9. The first-order valence-corrected chi connectivity index (χ1v) is 6.62. The topological polar surface area (TPSA) is 55.4 Å². The van der Waals surface area contributed by atoms with Crippen LogP contribution in [0.5, 0.6) is 0 Å². The maximum absolute atomic E-state index is 11.7. The van der Waals surface area contributed by atoms with Gasteiger partial charge in [0.05, 0.1) is 6.61 Å². The minimum Gasteiger partial charge on any atom is -0.464 e. The standard InChI is InChI=1S/C12H22ClNO3/c1-4-9(3)11(12(16)17-5-2)14-10(15)7-6-8-13/h9,11H,4-8H2,1-3H3,(H,14,15). The van der Waals surface area contributed by atoms with E-state index in [1.54, 1.807) is 6.92 Å². The first kappa shape index (κ1) is 16.2. The maximum Gasteiger partial charge on any atom is 0.328 e. The minimum absolute atomic E-state index is 0.0639. The Kier molecular flexibility index (Phi) is 8.86. The predicted molar refractivity (Wildman–Crippen MR) is 68.0 cm³/mol. The zero-order valence-electron chi connectivity index (χ0n) is 10.8. The molecule has 0 spiro atoms. The molecule has 0 fully saturated rings. The van der Waals surface area contributed by atoms with E-state index in [1.807, 2.05) is 13.8 Å². The van der Waals surface area contributed by atoms with Crippen molar-refractivity contribution in [3.63, 3.8) is 0 Å². The molecular weight excluding hydrogens is 242 g/mol. The average molecular weight is 264 g/mol. The van der Waals surface area contributed by atoms with Gasteiger partial charge in [0.2, 0.25) is 5.91 Å². The lowest BCUT2D eigenvalue weighted by Crippen LogP contribution is -2.45. The summed E-state index contributed by atoms with van der Waals surface area (Å²) in [6, 6.07) is -0.553. The summed E-state index contributed by atoms with van der Waals surface area (Å²) in [6.45, 7) is 5.97. The molecule has 0 aliphatic carbocycles. The van der Waals surface area contributed by atoms with Crippen molar-refractivity contribution in [2.45, 2.75) is 46.1 Å². The van der Waals surface area contributed by atoms with Gasteiger partial charge in [-0.1, -0.05) is 20.3 Å². The number of halogens is 1. The van der Waals surface area contributed by atoms with Crippen LogP contribution in [0.15, 0.2) is 0 Å². The molecule has 0 aromatic rings. The summed E-state index contributed by atoms with van der Waals surface area (Å²) < 4.78 is 4.95. The summed E-state index contributed by atoms with van der Waals surface area (Å²) in [4.78, 5) is 23.3. The second kappa shape index (κ2) is 9.28. The molecule has 0 aromatic carbocycles. The molecule has 100 valence electrons. The van der Waals surface area contributed by atoms with Crippen molar-refractivity contribution in [1.29, 1.82) is 0 Å². The average Bonchev–Trinajstić information content (AvgIpc) is 2.32. The predicted octanol–water partition coefficient (Wildman–Crippen LogP) is 2.10. The molecule has 2 unspecified atom stereocenters. The van der Waals surface area contributed by atoms with Crippen LogP contribution < -0.4 is 5.32 Å².